The molecule has 31 heavy (non-hydrogen) atoms. The highest BCUT2D eigenvalue weighted by Crippen LogP contribution is 2.26. The number of hydrogen-bond donors (Lipinski definition) is 2. The Morgan fingerprint density at radius 3 is 1.81 bits per heavy atom. The molecule has 0 saturated heterocycles. The molecule has 4 aromatic carbocycles. The first kappa shape index (κ1) is 21.2. The Morgan fingerprint density at radius 2 is 1.13 bits per heavy atom. The third-order valence-electron chi connectivity index (χ3n) is 4.57. The molecule has 2 N–H and O–H groups in total. The summed E-state index contributed by atoms with van der Waals surface area (Å²) < 4.78 is 55.6. The third kappa shape index (κ3) is 4.66. The molecular weight excluding hydrogens is 456 g/mol. The monoisotopic (exact) mass is 472 g/mol. The predicted octanol–water partition coefficient (Wildman–Crippen LogP) is 5.09. The molecule has 0 spiro atoms. The van der Waals surface area contributed by atoms with Crippen LogP contribution in [0.1, 0.15) is 0 Å². The lowest BCUT2D eigenvalue weighted by molar-refractivity contribution is 0.600. The van der Waals surface area contributed by atoms with Gasteiger partial charge in [0.25, 0.3) is 20.0 Å². The van der Waals surface area contributed by atoms with E-state index in [1.807, 2.05) is 30.3 Å². The zero-order chi connectivity index (χ0) is 22.1. The number of fused-ring (bicyclic) bond motifs is 1. The van der Waals surface area contributed by atoms with Crippen LogP contribution >= 0.6 is 11.6 Å². The van der Waals surface area contributed by atoms with Gasteiger partial charge in [-0.2, -0.15) is 0 Å². The summed E-state index contributed by atoms with van der Waals surface area (Å²) in [6.45, 7) is 0. The van der Waals surface area contributed by atoms with Crippen LogP contribution in [-0.4, -0.2) is 16.8 Å². The molecule has 0 atom stereocenters. The molecule has 0 aliphatic rings. The van der Waals surface area contributed by atoms with Crippen LogP contribution in [0.3, 0.4) is 0 Å². The zero-order valence-electron chi connectivity index (χ0n) is 16.0. The highest BCUT2D eigenvalue weighted by molar-refractivity contribution is 7.93. The number of halogens is 1. The van der Waals surface area contributed by atoms with Crippen molar-refractivity contribution in [3.05, 3.63) is 96.0 Å². The van der Waals surface area contributed by atoms with Crippen molar-refractivity contribution >= 4 is 53.8 Å². The first-order valence-corrected chi connectivity index (χ1v) is 12.5. The van der Waals surface area contributed by atoms with Crippen LogP contribution in [0.25, 0.3) is 10.8 Å². The summed E-state index contributed by atoms with van der Waals surface area (Å²) in [4.78, 5) is 0.0566. The maximum absolute atomic E-state index is 12.8. The maximum atomic E-state index is 12.8. The van der Waals surface area contributed by atoms with E-state index in [1.54, 1.807) is 12.1 Å². The van der Waals surface area contributed by atoms with E-state index in [0.29, 0.717) is 10.7 Å². The summed E-state index contributed by atoms with van der Waals surface area (Å²) in [5.74, 6) is 0. The van der Waals surface area contributed by atoms with Gasteiger partial charge < -0.3 is 0 Å². The van der Waals surface area contributed by atoms with Crippen molar-refractivity contribution in [2.45, 2.75) is 9.79 Å². The zero-order valence-corrected chi connectivity index (χ0v) is 18.4. The molecule has 0 radical (unpaired) electrons. The second kappa shape index (κ2) is 8.22. The van der Waals surface area contributed by atoms with Crippen LogP contribution in [0.4, 0.5) is 11.4 Å². The number of benzene rings is 4. The van der Waals surface area contributed by atoms with Gasteiger partial charge in [-0.3, -0.25) is 9.44 Å². The minimum Gasteiger partial charge on any atom is -0.280 e. The second-order valence-corrected chi connectivity index (χ2v) is 10.5. The number of nitrogens with one attached hydrogen (secondary N) is 2. The minimum atomic E-state index is -3.86. The maximum Gasteiger partial charge on any atom is 0.261 e. The highest BCUT2D eigenvalue weighted by Gasteiger charge is 2.17. The van der Waals surface area contributed by atoms with E-state index in [0.717, 1.165) is 10.8 Å². The van der Waals surface area contributed by atoms with E-state index in [2.05, 4.69) is 9.44 Å². The van der Waals surface area contributed by atoms with Crippen molar-refractivity contribution in [2.75, 3.05) is 9.44 Å². The van der Waals surface area contributed by atoms with Crippen LogP contribution in [0.2, 0.25) is 5.02 Å². The van der Waals surface area contributed by atoms with Crippen molar-refractivity contribution in [3.8, 4) is 0 Å². The van der Waals surface area contributed by atoms with Crippen LogP contribution in [-0.2, 0) is 20.0 Å². The van der Waals surface area contributed by atoms with Gasteiger partial charge >= 0.3 is 0 Å². The van der Waals surface area contributed by atoms with Gasteiger partial charge in [0.2, 0.25) is 0 Å². The molecule has 0 heterocycles. The molecule has 0 aliphatic heterocycles. The van der Waals surface area contributed by atoms with E-state index in [4.69, 9.17) is 11.6 Å². The predicted molar refractivity (Wildman–Crippen MR) is 123 cm³/mol. The molecule has 0 amide bonds. The third-order valence-corrected chi connectivity index (χ3v) is 7.61. The lowest BCUT2D eigenvalue weighted by Gasteiger charge is -2.12. The molecule has 0 aliphatic carbocycles. The van der Waals surface area contributed by atoms with Gasteiger partial charge in [0.15, 0.2) is 0 Å². The first-order chi connectivity index (χ1) is 14.7. The van der Waals surface area contributed by atoms with Crippen molar-refractivity contribution in [1.82, 2.24) is 0 Å². The number of hydrogen-bond acceptors (Lipinski definition) is 4. The van der Waals surface area contributed by atoms with Gasteiger partial charge in [-0.25, -0.2) is 16.8 Å². The highest BCUT2D eigenvalue weighted by atomic mass is 35.5. The molecule has 0 aromatic heterocycles. The largest absolute Gasteiger partial charge is 0.280 e. The lowest BCUT2D eigenvalue weighted by atomic mass is 10.1. The fraction of sp³-hybridized carbons (Fsp3) is 0. The van der Waals surface area contributed by atoms with E-state index >= 15 is 0 Å². The number of sulfonamides is 2. The van der Waals surface area contributed by atoms with Gasteiger partial charge in [-0.1, -0.05) is 48.0 Å². The Labute approximate surface area is 185 Å². The topological polar surface area (TPSA) is 92.3 Å². The molecule has 0 saturated carbocycles. The van der Waals surface area contributed by atoms with E-state index in [-0.39, 0.29) is 15.5 Å². The first-order valence-electron chi connectivity index (χ1n) is 9.14. The molecular formula is C22H17ClN2O4S2. The molecule has 4 aromatic rings. The van der Waals surface area contributed by atoms with Crippen LogP contribution in [0, 0.1) is 0 Å². The van der Waals surface area contributed by atoms with E-state index < -0.39 is 20.0 Å². The summed E-state index contributed by atoms with van der Waals surface area (Å²) in [6, 6.07) is 24.0. The number of rotatable bonds is 6. The molecule has 4 rings (SSSR count). The second-order valence-electron chi connectivity index (χ2n) is 6.72. The molecule has 9 heteroatoms. The average molecular weight is 473 g/mol. The number of anilines is 2. The fourth-order valence-corrected chi connectivity index (χ4v) is 5.31. The Balaban J connectivity index is 1.56. The van der Waals surface area contributed by atoms with Crippen LogP contribution < -0.4 is 9.44 Å². The molecule has 0 bridgehead atoms. The average Bonchev–Trinajstić information content (AvgIpc) is 2.74. The summed E-state index contributed by atoms with van der Waals surface area (Å²) in [5, 5.41) is 2.11. The van der Waals surface area contributed by atoms with Crippen molar-refractivity contribution in [3.63, 3.8) is 0 Å². The Morgan fingerprint density at radius 1 is 0.581 bits per heavy atom. The molecule has 6 nitrogen and oxygen atoms in total. The van der Waals surface area contributed by atoms with Crippen molar-refractivity contribution in [1.29, 1.82) is 0 Å². The van der Waals surface area contributed by atoms with Crippen molar-refractivity contribution < 1.29 is 16.8 Å². The van der Waals surface area contributed by atoms with Gasteiger partial charge in [0, 0.05) is 16.1 Å². The lowest BCUT2D eigenvalue weighted by Crippen LogP contribution is -2.14. The Hall–Kier alpha value is -3.07. The smallest absolute Gasteiger partial charge is 0.261 e. The summed E-state index contributed by atoms with van der Waals surface area (Å²) in [7, 11) is -7.69. The SMILES string of the molecule is O=S(=O)(Nc1ccc(S(=O)(=O)Nc2cccc3ccccc23)cc1)c1ccc(Cl)cc1. The van der Waals surface area contributed by atoms with Gasteiger partial charge in [0.1, 0.15) is 0 Å². The fourth-order valence-electron chi connectivity index (χ4n) is 3.05. The van der Waals surface area contributed by atoms with Crippen molar-refractivity contribution in [2.24, 2.45) is 0 Å². The Bertz CT molecular complexity index is 1450. The Kier molecular flexibility index (Phi) is 5.62. The van der Waals surface area contributed by atoms with Gasteiger partial charge in [0.05, 0.1) is 15.5 Å². The molecule has 0 unspecified atom stereocenters. The summed E-state index contributed by atoms with van der Waals surface area (Å²) in [5.41, 5.74) is 0.699. The van der Waals surface area contributed by atoms with E-state index in [9.17, 15) is 16.8 Å². The summed E-state index contributed by atoms with van der Waals surface area (Å²) >= 11 is 5.79. The normalized spacial score (nSPS) is 11.9. The molecule has 158 valence electrons. The molecule has 0 fully saturated rings. The minimum absolute atomic E-state index is 0.00914. The van der Waals surface area contributed by atoms with Crippen LogP contribution in [0.15, 0.2) is 101 Å². The van der Waals surface area contributed by atoms with Gasteiger partial charge in [-0.15, -0.1) is 0 Å². The van der Waals surface area contributed by atoms with Crippen LogP contribution in [0.5, 0.6) is 0 Å². The quantitative estimate of drug-likeness (QED) is 0.408. The van der Waals surface area contributed by atoms with E-state index in [1.165, 1.54) is 48.5 Å². The summed E-state index contributed by atoms with van der Waals surface area (Å²) in [6.07, 6.45) is 0. The standard InChI is InChI=1S/C22H17ClN2O4S2/c23-17-8-12-19(13-9-17)30(26,27)24-18-10-14-20(15-11-18)31(28,29)25-22-7-3-5-16-4-1-2-6-21(16)22/h1-15,24-25H. The van der Waals surface area contributed by atoms with Gasteiger partial charge in [-0.05, 0) is 60.0 Å².